The summed E-state index contributed by atoms with van der Waals surface area (Å²) in [4.78, 5) is 24.2. The number of alkyl carbamates (subject to hydrolysis) is 1. The first-order valence-corrected chi connectivity index (χ1v) is 9.32. The summed E-state index contributed by atoms with van der Waals surface area (Å²) in [6.45, 7) is 3.80. The van der Waals surface area contributed by atoms with Gasteiger partial charge in [0.15, 0.2) is 0 Å². The topological polar surface area (TPSA) is 67.4 Å². The number of benzene rings is 2. The SMILES string of the molecule is CC[C@H](NC(=O)[C@@H](C)NC(=O)OCc1ccccc1)c1ccc(Br)cc1. The average Bonchev–Trinajstić information content (AvgIpc) is 2.66. The second kappa shape index (κ2) is 9.97. The van der Waals surface area contributed by atoms with Gasteiger partial charge in [0, 0.05) is 4.47 Å². The first kappa shape index (κ1) is 20.0. The number of amides is 2. The minimum absolute atomic E-state index is 0.111. The Balaban J connectivity index is 1.83. The minimum Gasteiger partial charge on any atom is -0.445 e. The Morgan fingerprint density at radius 1 is 1.04 bits per heavy atom. The van der Waals surface area contributed by atoms with Crippen molar-refractivity contribution in [3.63, 3.8) is 0 Å². The first-order valence-electron chi connectivity index (χ1n) is 8.52. The summed E-state index contributed by atoms with van der Waals surface area (Å²) < 4.78 is 6.13. The number of nitrogens with one attached hydrogen (secondary N) is 2. The highest BCUT2D eigenvalue weighted by Crippen LogP contribution is 2.19. The lowest BCUT2D eigenvalue weighted by atomic mass is 10.0. The maximum absolute atomic E-state index is 12.4. The van der Waals surface area contributed by atoms with E-state index in [1.54, 1.807) is 6.92 Å². The second-order valence-corrected chi connectivity index (χ2v) is 6.86. The van der Waals surface area contributed by atoms with Gasteiger partial charge in [-0.15, -0.1) is 0 Å². The number of carbonyl (C=O) groups excluding carboxylic acids is 2. The van der Waals surface area contributed by atoms with Gasteiger partial charge in [-0.25, -0.2) is 4.79 Å². The van der Waals surface area contributed by atoms with Gasteiger partial charge in [-0.2, -0.15) is 0 Å². The lowest BCUT2D eigenvalue weighted by Crippen LogP contribution is -2.45. The summed E-state index contributed by atoms with van der Waals surface area (Å²) in [6, 6.07) is 16.4. The van der Waals surface area contributed by atoms with Crippen molar-refractivity contribution in [2.24, 2.45) is 0 Å². The van der Waals surface area contributed by atoms with Crippen LogP contribution in [0.2, 0.25) is 0 Å². The summed E-state index contributed by atoms with van der Waals surface area (Å²) >= 11 is 3.40. The third kappa shape index (κ3) is 6.19. The lowest BCUT2D eigenvalue weighted by Gasteiger charge is -2.21. The van der Waals surface area contributed by atoms with Crippen LogP contribution in [0.15, 0.2) is 59.1 Å². The predicted molar refractivity (Wildman–Crippen MR) is 105 cm³/mol. The molecule has 0 aliphatic rings. The van der Waals surface area contributed by atoms with Gasteiger partial charge < -0.3 is 15.4 Å². The first-order chi connectivity index (χ1) is 12.5. The van der Waals surface area contributed by atoms with Gasteiger partial charge in [0.05, 0.1) is 6.04 Å². The third-order valence-electron chi connectivity index (χ3n) is 3.94. The van der Waals surface area contributed by atoms with E-state index in [1.165, 1.54) is 0 Å². The van der Waals surface area contributed by atoms with E-state index < -0.39 is 12.1 Å². The van der Waals surface area contributed by atoms with Crippen LogP contribution < -0.4 is 10.6 Å². The van der Waals surface area contributed by atoms with Crippen molar-refractivity contribution < 1.29 is 14.3 Å². The fourth-order valence-electron chi connectivity index (χ4n) is 2.42. The molecule has 5 nitrogen and oxygen atoms in total. The zero-order valence-electron chi connectivity index (χ0n) is 14.9. The van der Waals surface area contributed by atoms with E-state index in [0.717, 1.165) is 22.0 Å². The van der Waals surface area contributed by atoms with E-state index in [1.807, 2.05) is 61.5 Å². The quantitative estimate of drug-likeness (QED) is 0.702. The number of hydrogen-bond donors (Lipinski definition) is 2. The van der Waals surface area contributed by atoms with E-state index in [9.17, 15) is 9.59 Å². The number of rotatable bonds is 7. The Hall–Kier alpha value is -2.34. The molecule has 6 heteroatoms. The number of halogens is 1. The van der Waals surface area contributed by atoms with Crippen LogP contribution in [0.25, 0.3) is 0 Å². The molecule has 138 valence electrons. The maximum atomic E-state index is 12.4. The average molecular weight is 419 g/mol. The van der Waals surface area contributed by atoms with Crippen molar-refractivity contribution in [3.05, 3.63) is 70.2 Å². The molecule has 0 aliphatic carbocycles. The normalized spacial score (nSPS) is 12.7. The minimum atomic E-state index is -0.692. The number of carbonyl (C=O) groups is 2. The fourth-order valence-corrected chi connectivity index (χ4v) is 2.68. The molecule has 2 rings (SSSR count). The molecule has 2 atom stereocenters. The molecule has 0 aliphatic heterocycles. The largest absolute Gasteiger partial charge is 0.445 e. The summed E-state index contributed by atoms with van der Waals surface area (Å²) in [5, 5.41) is 5.52. The zero-order chi connectivity index (χ0) is 18.9. The highest BCUT2D eigenvalue weighted by Gasteiger charge is 2.20. The standard InChI is InChI=1S/C20H23BrN2O3/c1-3-18(16-9-11-17(21)12-10-16)23-19(24)14(2)22-20(25)26-13-15-7-5-4-6-8-15/h4-12,14,18H,3,13H2,1-2H3,(H,22,25)(H,23,24)/t14-,18+/m1/s1. The maximum Gasteiger partial charge on any atom is 0.408 e. The highest BCUT2D eigenvalue weighted by molar-refractivity contribution is 9.10. The van der Waals surface area contributed by atoms with Crippen molar-refractivity contribution >= 4 is 27.9 Å². The molecule has 26 heavy (non-hydrogen) atoms. The molecule has 0 fully saturated rings. The number of hydrogen-bond acceptors (Lipinski definition) is 3. The molecule has 2 N–H and O–H groups in total. The van der Waals surface area contributed by atoms with Crippen LogP contribution in [0.4, 0.5) is 4.79 Å². The second-order valence-electron chi connectivity index (χ2n) is 5.95. The summed E-state index contributed by atoms with van der Waals surface area (Å²) in [7, 11) is 0. The van der Waals surface area contributed by atoms with Crippen LogP contribution in [0.5, 0.6) is 0 Å². The van der Waals surface area contributed by atoms with E-state index in [2.05, 4.69) is 26.6 Å². The molecule has 2 aromatic rings. The number of ether oxygens (including phenoxy) is 1. The van der Waals surface area contributed by atoms with Crippen molar-refractivity contribution in [3.8, 4) is 0 Å². The Morgan fingerprint density at radius 2 is 1.69 bits per heavy atom. The third-order valence-corrected chi connectivity index (χ3v) is 4.47. The molecule has 0 heterocycles. The van der Waals surface area contributed by atoms with E-state index >= 15 is 0 Å². The molecular formula is C20H23BrN2O3. The molecule has 0 bridgehead atoms. The van der Waals surface area contributed by atoms with E-state index in [-0.39, 0.29) is 18.6 Å². The molecule has 2 aromatic carbocycles. The Bertz CT molecular complexity index is 720. The molecule has 0 saturated carbocycles. The smallest absolute Gasteiger partial charge is 0.408 e. The van der Waals surface area contributed by atoms with Crippen molar-refractivity contribution in [1.29, 1.82) is 0 Å². The van der Waals surface area contributed by atoms with Crippen LogP contribution in [-0.2, 0) is 16.1 Å². The molecular weight excluding hydrogens is 396 g/mol. The highest BCUT2D eigenvalue weighted by atomic mass is 79.9. The van der Waals surface area contributed by atoms with Crippen LogP contribution in [-0.4, -0.2) is 18.0 Å². The van der Waals surface area contributed by atoms with Gasteiger partial charge in [-0.3, -0.25) is 4.79 Å². The van der Waals surface area contributed by atoms with Crippen LogP contribution in [0.1, 0.15) is 37.4 Å². The zero-order valence-corrected chi connectivity index (χ0v) is 16.5. The van der Waals surface area contributed by atoms with Crippen molar-refractivity contribution in [1.82, 2.24) is 10.6 Å². The predicted octanol–water partition coefficient (Wildman–Crippen LogP) is 4.33. The van der Waals surface area contributed by atoms with Crippen molar-refractivity contribution in [2.75, 3.05) is 0 Å². The van der Waals surface area contributed by atoms with Crippen LogP contribution in [0.3, 0.4) is 0 Å². The van der Waals surface area contributed by atoms with Gasteiger partial charge in [0.2, 0.25) is 5.91 Å². The summed E-state index contributed by atoms with van der Waals surface area (Å²) in [6.07, 6.45) is 0.131. The monoisotopic (exact) mass is 418 g/mol. The van der Waals surface area contributed by atoms with Gasteiger partial charge in [-0.1, -0.05) is 65.3 Å². The van der Waals surface area contributed by atoms with Crippen molar-refractivity contribution in [2.45, 2.75) is 39.0 Å². The fraction of sp³-hybridized carbons (Fsp3) is 0.300. The Morgan fingerprint density at radius 3 is 2.31 bits per heavy atom. The van der Waals surface area contributed by atoms with E-state index in [0.29, 0.717) is 0 Å². The molecule has 0 aromatic heterocycles. The summed E-state index contributed by atoms with van der Waals surface area (Å²) in [5.41, 5.74) is 1.91. The molecule has 0 spiro atoms. The van der Waals surface area contributed by atoms with Gasteiger partial charge in [-0.05, 0) is 36.6 Å². The molecule has 0 radical (unpaired) electrons. The van der Waals surface area contributed by atoms with Gasteiger partial charge in [0.25, 0.3) is 0 Å². The van der Waals surface area contributed by atoms with Crippen LogP contribution >= 0.6 is 15.9 Å². The molecule has 0 unspecified atom stereocenters. The van der Waals surface area contributed by atoms with E-state index in [4.69, 9.17) is 4.74 Å². The summed E-state index contributed by atoms with van der Waals surface area (Å²) in [5.74, 6) is -0.253. The van der Waals surface area contributed by atoms with Crippen LogP contribution in [0, 0.1) is 0 Å². The molecule has 2 amide bonds. The Labute approximate surface area is 162 Å². The Kier molecular flexibility index (Phi) is 7.66. The lowest BCUT2D eigenvalue weighted by molar-refractivity contribution is -0.123. The van der Waals surface area contributed by atoms with Gasteiger partial charge in [0.1, 0.15) is 12.6 Å². The van der Waals surface area contributed by atoms with Gasteiger partial charge >= 0.3 is 6.09 Å². The molecule has 0 saturated heterocycles.